The SMILES string of the molecule is CCC(NC(=O)[C@H](N)C(C)(C)C)c1ccccc1OC. The third-order valence-corrected chi connectivity index (χ3v) is 3.45. The fourth-order valence-electron chi connectivity index (χ4n) is 2.01. The Morgan fingerprint density at radius 1 is 1.35 bits per heavy atom. The topological polar surface area (TPSA) is 64.4 Å². The van der Waals surface area contributed by atoms with Crippen molar-refractivity contribution < 1.29 is 9.53 Å². The molecule has 0 aliphatic heterocycles. The van der Waals surface area contributed by atoms with Gasteiger partial charge in [0, 0.05) is 5.56 Å². The zero-order valence-electron chi connectivity index (χ0n) is 13.1. The lowest BCUT2D eigenvalue weighted by atomic mass is 9.86. The number of para-hydroxylation sites is 1. The van der Waals surface area contributed by atoms with Gasteiger partial charge in [-0.25, -0.2) is 0 Å². The van der Waals surface area contributed by atoms with Gasteiger partial charge in [0.1, 0.15) is 5.75 Å². The molecule has 4 heteroatoms. The summed E-state index contributed by atoms with van der Waals surface area (Å²) < 4.78 is 5.35. The molecule has 0 aliphatic carbocycles. The van der Waals surface area contributed by atoms with Gasteiger partial charge in [0.2, 0.25) is 5.91 Å². The lowest BCUT2D eigenvalue weighted by Gasteiger charge is -2.28. The second kappa shape index (κ2) is 6.75. The number of nitrogens with one attached hydrogen (secondary N) is 1. The molecule has 0 aromatic heterocycles. The zero-order chi connectivity index (χ0) is 15.3. The lowest BCUT2D eigenvalue weighted by Crippen LogP contribution is -2.49. The molecule has 1 aromatic carbocycles. The Labute approximate surface area is 121 Å². The van der Waals surface area contributed by atoms with Gasteiger partial charge in [-0.2, -0.15) is 0 Å². The van der Waals surface area contributed by atoms with Crippen molar-refractivity contribution in [3.8, 4) is 5.75 Å². The largest absolute Gasteiger partial charge is 0.496 e. The molecular formula is C16H26N2O2. The maximum atomic E-state index is 12.3. The van der Waals surface area contributed by atoms with Crippen molar-refractivity contribution in [3.63, 3.8) is 0 Å². The molecule has 2 atom stereocenters. The Bertz CT molecular complexity index is 452. The standard InChI is InChI=1S/C16H26N2O2/c1-6-12(11-9-7-8-10-13(11)20-5)18-15(19)14(17)16(2,3)4/h7-10,12,14H,6,17H2,1-5H3,(H,18,19)/t12?,14-/m0/s1. The van der Waals surface area contributed by atoms with Gasteiger partial charge in [0.25, 0.3) is 0 Å². The van der Waals surface area contributed by atoms with Crippen molar-refractivity contribution >= 4 is 5.91 Å². The van der Waals surface area contributed by atoms with Crippen molar-refractivity contribution in [2.45, 2.75) is 46.2 Å². The van der Waals surface area contributed by atoms with Gasteiger partial charge in [0.15, 0.2) is 0 Å². The maximum absolute atomic E-state index is 12.3. The van der Waals surface area contributed by atoms with Gasteiger partial charge in [0.05, 0.1) is 19.2 Å². The Morgan fingerprint density at radius 2 is 1.95 bits per heavy atom. The van der Waals surface area contributed by atoms with Crippen LogP contribution in [0.5, 0.6) is 5.75 Å². The zero-order valence-corrected chi connectivity index (χ0v) is 13.1. The second-order valence-electron chi connectivity index (χ2n) is 6.06. The fourth-order valence-corrected chi connectivity index (χ4v) is 2.01. The first-order valence-corrected chi connectivity index (χ1v) is 7.00. The van der Waals surface area contributed by atoms with E-state index in [9.17, 15) is 4.79 Å². The lowest BCUT2D eigenvalue weighted by molar-refractivity contribution is -0.125. The summed E-state index contributed by atoms with van der Waals surface area (Å²) in [7, 11) is 1.63. The molecule has 4 nitrogen and oxygen atoms in total. The molecular weight excluding hydrogens is 252 g/mol. The highest BCUT2D eigenvalue weighted by Crippen LogP contribution is 2.27. The molecule has 0 aliphatic rings. The van der Waals surface area contributed by atoms with E-state index in [1.54, 1.807) is 7.11 Å². The van der Waals surface area contributed by atoms with Crippen LogP contribution in [-0.2, 0) is 4.79 Å². The minimum Gasteiger partial charge on any atom is -0.496 e. The number of amides is 1. The number of ether oxygens (including phenoxy) is 1. The van der Waals surface area contributed by atoms with E-state index in [4.69, 9.17) is 10.5 Å². The highest BCUT2D eigenvalue weighted by atomic mass is 16.5. The molecule has 1 unspecified atom stereocenters. The van der Waals surface area contributed by atoms with E-state index < -0.39 is 6.04 Å². The van der Waals surface area contributed by atoms with Crippen LogP contribution in [0.25, 0.3) is 0 Å². The Morgan fingerprint density at radius 3 is 2.45 bits per heavy atom. The van der Waals surface area contributed by atoms with E-state index in [-0.39, 0.29) is 17.4 Å². The van der Waals surface area contributed by atoms with Gasteiger partial charge >= 0.3 is 0 Å². The highest BCUT2D eigenvalue weighted by Gasteiger charge is 2.29. The molecule has 1 amide bonds. The molecule has 0 saturated heterocycles. The molecule has 20 heavy (non-hydrogen) atoms. The van der Waals surface area contributed by atoms with Crippen molar-refractivity contribution in [2.24, 2.45) is 11.1 Å². The quantitative estimate of drug-likeness (QED) is 0.870. The summed E-state index contributed by atoms with van der Waals surface area (Å²) in [5.41, 5.74) is 6.72. The van der Waals surface area contributed by atoms with Crippen molar-refractivity contribution in [3.05, 3.63) is 29.8 Å². The summed E-state index contributed by atoms with van der Waals surface area (Å²) >= 11 is 0. The summed E-state index contributed by atoms with van der Waals surface area (Å²) in [6.45, 7) is 7.91. The number of methoxy groups -OCH3 is 1. The first-order chi connectivity index (χ1) is 9.31. The average Bonchev–Trinajstić information content (AvgIpc) is 2.42. The molecule has 112 valence electrons. The van der Waals surface area contributed by atoms with Crippen LogP contribution in [0.2, 0.25) is 0 Å². The third-order valence-electron chi connectivity index (χ3n) is 3.45. The van der Waals surface area contributed by atoms with Crippen LogP contribution in [0.4, 0.5) is 0 Å². The summed E-state index contributed by atoms with van der Waals surface area (Å²) in [5, 5.41) is 3.02. The summed E-state index contributed by atoms with van der Waals surface area (Å²) in [5.74, 6) is 0.652. The van der Waals surface area contributed by atoms with Crippen LogP contribution in [0, 0.1) is 5.41 Å². The first-order valence-electron chi connectivity index (χ1n) is 7.00. The van der Waals surface area contributed by atoms with Gasteiger partial charge in [-0.1, -0.05) is 45.9 Å². The molecule has 1 aromatic rings. The maximum Gasteiger partial charge on any atom is 0.237 e. The highest BCUT2D eigenvalue weighted by molar-refractivity contribution is 5.82. The van der Waals surface area contributed by atoms with E-state index in [0.717, 1.165) is 17.7 Å². The number of hydrogen-bond acceptors (Lipinski definition) is 3. The van der Waals surface area contributed by atoms with Crippen molar-refractivity contribution in [1.29, 1.82) is 0 Å². The number of carbonyl (C=O) groups excluding carboxylic acids is 1. The predicted molar refractivity (Wildman–Crippen MR) is 81.6 cm³/mol. The number of hydrogen-bond donors (Lipinski definition) is 2. The second-order valence-corrected chi connectivity index (χ2v) is 6.06. The van der Waals surface area contributed by atoms with E-state index in [2.05, 4.69) is 5.32 Å². The van der Waals surface area contributed by atoms with Crippen LogP contribution in [0.15, 0.2) is 24.3 Å². The van der Waals surface area contributed by atoms with E-state index in [1.165, 1.54) is 0 Å². The summed E-state index contributed by atoms with van der Waals surface area (Å²) in [6.07, 6.45) is 0.781. The number of nitrogens with two attached hydrogens (primary N) is 1. The number of benzene rings is 1. The minimum atomic E-state index is -0.536. The van der Waals surface area contributed by atoms with Crippen LogP contribution >= 0.6 is 0 Å². The molecule has 1 rings (SSSR count). The fraction of sp³-hybridized carbons (Fsp3) is 0.562. The first kappa shape index (κ1) is 16.5. The van der Waals surface area contributed by atoms with Crippen LogP contribution < -0.4 is 15.8 Å². The van der Waals surface area contributed by atoms with Gasteiger partial charge in [-0.15, -0.1) is 0 Å². The van der Waals surface area contributed by atoms with E-state index in [1.807, 2.05) is 52.0 Å². The normalized spacial score (nSPS) is 14.5. The molecule has 0 radical (unpaired) electrons. The van der Waals surface area contributed by atoms with E-state index in [0.29, 0.717) is 0 Å². The molecule has 0 fully saturated rings. The minimum absolute atomic E-state index is 0.0907. The Balaban J connectivity index is 2.90. The average molecular weight is 278 g/mol. The Hall–Kier alpha value is -1.55. The van der Waals surface area contributed by atoms with Crippen LogP contribution in [0.3, 0.4) is 0 Å². The van der Waals surface area contributed by atoms with Crippen molar-refractivity contribution in [1.82, 2.24) is 5.32 Å². The summed E-state index contributed by atoms with van der Waals surface area (Å²) in [4.78, 5) is 12.3. The van der Waals surface area contributed by atoms with Crippen LogP contribution in [0.1, 0.15) is 45.7 Å². The molecule has 0 spiro atoms. The summed E-state index contributed by atoms with van der Waals surface area (Å²) in [6, 6.07) is 7.09. The third kappa shape index (κ3) is 3.97. The molecule has 0 heterocycles. The smallest absolute Gasteiger partial charge is 0.237 e. The van der Waals surface area contributed by atoms with Gasteiger partial charge < -0.3 is 15.8 Å². The van der Waals surface area contributed by atoms with Gasteiger partial charge in [-0.3, -0.25) is 4.79 Å². The van der Waals surface area contributed by atoms with Gasteiger partial charge in [-0.05, 0) is 17.9 Å². The predicted octanol–water partition coefficient (Wildman–Crippen LogP) is 2.64. The Kier molecular flexibility index (Phi) is 5.57. The number of rotatable bonds is 5. The monoisotopic (exact) mass is 278 g/mol. The molecule has 0 bridgehead atoms. The van der Waals surface area contributed by atoms with E-state index >= 15 is 0 Å². The van der Waals surface area contributed by atoms with Crippen LogP contribution in [-0.4, -0.2) is 19.1 Å². The molecule has 0 saturated carbocycles. The number of carbonyl (C=O) groups is 1. The molecule has 3 N–H and O–H groups in total. The van der Waals surface area contributed by atoms with Crippen molar-refractivity contribution in [2.75, 3.05) is 7.11 Å².